The Morgan fingerprint density at radius 1 is 0.844 bits per heavy atom. The quantitative estimate of drug-likeness (QED) is 0.424. The van der Waals surface area contributed by atoms with Crippen LogP contribution in [0, 0.1) is 0 Å². The summed E-state index contributed by atoms with van der Waals surface area (Å²) in [6.45, 7) is 3.06. The van der Waals surface area contributed by atoms with Gasteiger partial charge in [-0.05, 0) is 66.7 Å². The van der Waals surface area contributed by atoms with Gasteiger partial charge in [0.05, 0.1) is 25.3 Å². The van der Waals surface area contributed by atoms with Gasteiger partial charge in [0.1, 0.15) is 11.5 Å². The monoisotopic (exact) mass is 448 g/mol. The number of amides is 2. The van der Waals surface area contributed by atoms with E-state index in [1.54, 1.807) is 24.3 Å². The highest BCUT2D eigenvalue weighted by atomic mass is 35.5. The molecule has 2 fully saturated rings. The zero-order chi connectivity index (χ0) is 22.1. The number of imide groups is 1. The smallest absolute Gasteiger partial charge is 0.261 e. The Bertz CT molecular complexity index is 1180. The van der Waals surface area contributed by atoms with Crippen LogP contribution in [0.1, 0.15) is 12.2 Å². The number of rotatable bonds is 4. The topological polar surface area (TPSA) is 63.0 Å². The summed E-state index contributed by atoms with van der Waals surface area (Å²) in [5, 5.41) is 0.649. The van der Waals surface area contributed by atoms with Gasteiger partial charge in [-0.2, -0.15) is 0 Å². The SMILES string of the molecule is O=C1CC(=Cc2ccc(-c3ccc(Cl)cc3)o2)C(=O)N1c1ccc(N2CCOCC2)cc1. The predicted octanol–water partition coefficient (Wildman–Crippen LogP) is 4.78. The van der Waals surface area contributed by atoms with Crippen molar-refractivity contribution < 1.29 is 18.7 Å². The number of carbonyl (C=O) groups excluding carboxylic acids is 2. The molecule has 3 aromatic rings. The lowest BCUT2D eigenvalue weighted by molar-refractivity contribution is -0.120. The minimum atomic E-state index is -0.321. The van der Waals surface area contributed by atoms with Crippen LogP contribution >= 0.6 is 11.6 Å². The lowest BCUT2D eigenvalue weighted by Crippen LogP contribution is -2.36. The van der Waals surface area contributed by atoms with Gasteiger partial charge >= 0.3 is 0 Å². The summed E-state index contributed by atoms with van der Waals surface area (Å²) in [4.78, 5) is 29.1. The fourth-order valence-corrected chi connectivity index (χ4v) is 4.08. The van der Waals surface area contributed by atoms with Crippen molar-refractivity contribution in [2.24, 2.45) is 0 Å². The Balaban J connectivity index is 1.33. The number of hydrogen-bond acceptors (Lipinski definition) is 5. The second-order valence-electron chi connectivity index (χ2n) is 7.71. The molecule has 0 unspecified atom stereocenters. The number of nitrogens with zero attached hydrogens (tertiary/aromatic N) is 2. The summed E-state index contributed by atoms with van der Waals surface area (Å²) in [5.74, 6) is 0.625. The van der Waals surface area contributed by atoms with Crippen LogP contribution in [0.4, 0.5) is 11.4 Å². The number of ether oxygens (including phenoxy) is 1. The molecule has 32 heavy (non-hydrogen) atoms. The Morgan fingerprint density at radius 3 is 2.25 bits per heavy atom. The maximum atomic E-state index is 13.0. The minimum Gasteiger partial charge on any atom is -0.457 e. The number of halogens is 1. The first-order chi connectivity index (χ1) is 15.6. The molecule has 0 bridgehead atoms. The number of benzene rings is 2. The lowest BCUT2D eigenvalue weighted by atomic mass is 10.2. The van der Waals surface area contributed by atoms with Crippen molar-refractivity contribution in [2.45, 2.75) is 6.42 Å². The predicted molar refractivity (Wildman–Crippen MR) is 124 cm³/mol. The molecule has 0 atom stereocenters. The van der Waals surface area contributed by atoms with Gasteiger partial charge in [-0.25, -0.2) is 4.90 Å². The Hall–Kier alpha value is -3.35. The summed E-state index contributed by atoms with van der Waals surface area (Å²) in [7, 11) is 0. The van der Waals surface area contributed by atoms with E-state index >= 15 is 0 Å². The number of furan rings is 1. The number of morpholine rings is 1. The van der Waals surface area contributed by atoms with E-state index in [0.29, 0.717) is 41.0 Å². The van der Waals surface area contributed by atoms with Gasteiger partial charge in [-0.1, -0.05) is 11.6 Å². The van der Waals surface area contributed by atoms with Crippen LogP contribution in [0.2, 0.25) is 5.02 Å². The van der Waals surface area contributed by atoms with E-state index in [2.05, 4.69) is 4.90 Å². The summed E-state index contributed by atoms with van der Waals surface area (Å²) in [5.41, 5.74) is 2.91. The normalized spacial score (nSPS) is 18.1. The second-order valence-corrected chi connectivity index (χ2v) is 8.14. The molecule has 5 rings (SSSR count). The van der Waals surface area contributed by atoms with Gasteiger partial charge in [0.2, 0.25) is 5.91 Å². The minimum absolute atomic E-state index is 0.0427. The van der Waals surface area contributed by atoms with Gasteiger partial charge in [-0.3, -0.25) is 9.59 Å². The van der Waals surface area contributed by atoms with Gasteiger partial charge in [0, 0.05) is 34.9 Å². The molecular formula is C25H21ClN2O4. The van der Waals surface area contributed by atoms with Crippen LogP contribution < -0.4 is 9.80 Å². The standard InChI is InChI=1S/C25H21ClN2O4/c26-19-3-1-17(2-4-19)23-10-9-22(32-23)15-18-16-24(29)28(25(18)30)21-7-5-20(6-8-21)27-11-13-31-14-12-27/h1-10,15H,11-14,16H2. The molecule has 2 amide bonds. The van der Waals surface area contributed by atoms with Crippen molar-refractivity contribution in [1.29, 1.82) is 0 Å². The molecule has 0 saturated carbocycles. The number of carbonyl (C=O) groups is 2. The summed E-state index contributed by atoms with van der Waals surface area (Å²) < 4.78 is 11.2. The van der Waals surface area contributed by atoms with Crippen LogP contribution in [0.15, 0.2) is 70.7 Å². The average Bonchev–Trinajstić information content (AvgIpc) is 3.39. The van der Waals surface area contributed by atoms with Crippen molar-refractivity contribution in [3.8, 4) is 11.3 Å². The van der Waals surface area contributed by atoms with E-state index in [9.17, 15) is 9.59 Å². The van der Waals surface area contributed by atoms with Crippen LogP contribution in [0.5, 0.6) is 0 Å². The molecule has 0 spiro atoms. The Kier molecular flexibility index (Phi) is 5.55. The Morgan fingerprint density at radius 2 is 1.53 bits per heavy atom. The Labute approximate surface area is 190 Å². The van der Waals surface area contributed by atoms with Crippen molar-refractivity contribution in [3.63, 3.8) is 0 Å². The molecular weight excluding hydrogens is 428 g/mol. The van der Waals surface area contributed by atoms with E-state index in [1.807, 2.05) is 42.5 Å². The highest BCUT2D eigenvalue weighted by Crippen LogP contribution is 2.31. The molecule has 0 radical (unpaired) electrons. The number of hydrogen-bond donors (Lipinski definition) is 0. The second kappa shape index (κ2) is 8.65. The van der Waals surface area contributed by atoms with Crippen LogP contribution in [0.25, 0.3) is 17.4 Å². The first kappa shape index (κ1) is 20.5. The van der Waals surface area contributed by atoms with Crippen LogP contribution in [0.3, 0.4) is 0 Å². The molecule has 3 heterocycles. The van der Waals surface area contributed by atoms with Gasteiger partial charge in [0.15, 0.2) is 0 Å². The zero-order valence-corrected chi connectivity index (χ0v) is 18.0. The largest absolute Gasteiger partial charge is 0.457 e. The molecule has 2 saturated heterocycles. The van der Waals surface area contributed by atoms with Gasteiger partial charge in [0.25, 0.3) is 5.91 Å². The zero-order valence-electron chi connectivity index (χ0n) is 17.3. The molecule has 162 valence electrons. The van der Waals surface area contributed by atoms with Gasteiger partial charge in [-0.15, -0.1) is 0 Å². The summed E-state index contributed by atoms with van der Waals surface area (Å²) in [6, 6.07) is 18.4. The summed E-state index contributed by atoms with van der Waals surface area (Å²) in [6.07, 6.45) is 1.68. The van der Waals surface area contributed by atoms with Gasteiger partial charge < -0.3 is 14.1 Å². The van der Waals surface area contributed by atoms with Crippen molar-refractivity contribution in [2.75, 3.05) is 36.1 Å². The summed E-state index contributed by atoms with van der Waals surface area (Å²) >= 11 is 5.94. The lowest BCUT2D eigenvalue weighted by Gasteiger charge is -2.29. The van der Waals surface area contributed by atoms with Crippen molar-refractivity contribution >= 4 is 40.9 Å². The highest BCUT2D eigenvalue weighted by molar-refractivity contribution is 6.30. The molecule has 2 aliphatic rings. The van der Waals surface area contributed by atoms with E-state index in [4.69, 9.17) is 20.8 Å². The maximum absolute atomic E-state index is 13.0. The van der Waals surface area contributed by atoms with E-state index in [-0.39, 0.29) is 18.2 Å². The fraction of sp³-hybridized carbons (Fsp3) is 0.200. The van der Waals surface area contributed by atoms with E-state index in [1.165, 1.54) is 4.90 Å². The fourth-order valence-electron chi connectivity index (χ4n) is 3.95. The molecule has 7 heteroatoms. The van der Waals surface area contributed by atoms with Crippen LogP contribution in [-0.4, -0.2) is 38.1 Å². The first-order valence-corrected chi connectivity index (χ1v) is 10.8. The third-order valence-corrected chi connectivity index (χ3v) is 5.88. The average molecular weight is 449 g/mol. The molecule has 2 aromatic carbocycles. The molecule has 1 aromatic heterocycles. The molecule has 2 aliphatic heterocycles. The molecule has 6 nitrogen and oxygen atoms in total. The van der Waals surface area contributed by atoms with E-state index < -0.39 is 0 Å². The first-order valence-electron chi connectivity index (χ1n) is 10.4. The maximum Gasteiger partial charge on any atom is 0.261 e. The molecule has 0 N–H and O–H groups in total. The van der Waals surface area contributed by atoms with Crippen molar-refractivity contribution in [3.05, 3.63) is 77.0 Å². The number of anilines is 2. The van der Waals surface area contributed by atoms with Crippen molar-refractivity contribution in [1.82, 2.24) is 0 Å². The third-order valence-electron chi connectivity index (χ3n) is 5.63. The highest BCUT2D eigenvalue weighted by Gasteiger charge is 2.35. The molecule has 0 aliphatic carbocycles. The van der Waals surface area contributed by atoms with Crippen LogP contribution in [-0.2, 0) is 14.3 Å². The van der Waals surface area contributed by atoms with E-state index in [0.717, 1.165) is 24.3 Å². The third kappa shape index (κ3) is 4.07.